The van der Waals surface area contributed by atoms with Gasteiger partial charge in [-0.25, -0.2) is 0 Å². The summed E-state index contributed by atoms with van der Waals surface area (Å²) in [5.74, 6) is -0.896. The van der Waals surface area contributed by atoms with Crippen molar-refractivity contribution >= 4 is 17.9 Å². The molecule has 0 aromatic rings. The molecule has 0 aliphatic carbocycles. The van der Waals surface area contributed by atoms with Gasteiger partial charge in [0.05, 0.1) is 0 Å². The Morgan fingerprint density at radius 2 is 0.513 bits per heavy atom. The summed E-state index contributed by atoms with van der Waals surface area (Å²) < 4.78 is 16.9. The van der Waals surface area contributed by atoms with Crippen molar-refractivity contribution in [1.82, 2.24) is 0 Å². The van der Waals surface area contributed by atoms with E-state index in [1.807, 2.05) is 0 Å². The Hall–Kier alpha value is -3.41. The molecule has 0 aliphatic rings. The van der Waals surface area contributed by atoms with E-state index >= 15 is 0 Å². The van der Waals surface area contributed by atoms with E-state index in [2.05, 4.69) is 106 Å². The zero-order valence-electron chi connectivity index (χ0n) is 50.3. The van der Waals surface area contributed by atoms with E-state index in [4.69, 9.17) is 14.2 Å². The lowest BCUT2D eigenvalue weighted by Gasteiger charge is -2.18. The second-order valence-corrected chi connectivity index (χ2v) is 21.6. The maximum Gasteiger partial charge on any atom is 0.306 e. The Morgan fingerprint density at radius 3 is 0.816 bits per heavy atom. The molecule has 0 N–H and O–H groups in total. The SMILES string of the molecule is CC/C=C\C/C=C\C/C=C\C/C=C\C/C=C\C/C=C\CCCCCCC(=O)OCC(COC(=O)CCCCCCCCCCCCCC)OC(=O)CCCCCCCCCCCCC/C=C\CCCCCCCCCC. The van der Waals surface area contributed by atoms with Gasteiger partial charge in [-0.1, -0.05) is 292 Å². The molecule has 6 nitrogen and oxygen atoms in total. The molecule has 0 rings (SSSR count). The highest BCUT2D eigenvalue weighted by Gasteiger charge is 2.19. The molecule has 0 fully saturated rings. The molecule has 438 valence electrons. The molecular weight excluding hydrogens is 937 g/mol. The first-order valence-electron chi connectivity index (χ1n) is 32.6. The average molecular weight is 1060 g/mol. The predicted molar refractivity (Wildman–Crippen MR) is 330 cm³/mol. The van der Waals surface area contributed by atoms with E-state index < -0.39 is 6.10 Å². The summed E-state index contributed by atoms with van der Waals surface area (Å²) in [6.07, 6.45) is 84.5. The second-order valence-electron chi connectivity index (χ2n) is 21.6. The van der Waals surface area contributed by atoms with Crippen molar-refractivity contribution in [1.29, 1.82) is 0 Å². The molecule has 0 aromatic heterocycles. The minimum atomic E-state index is -0.787. The summed E-state index contributed by atoms with van der Waals surface area (Å²) in [6, 6.07) is 0. The molecular formula is C70H122O6. The molecule has 0 aromatic carbocycles. The Morgan fingerprint density at radius 1 is 0.276 bits per heavy atom. The predicted octanol–water partition coefficient (Wildman–Crippen LogP) is 22.3. The number of esters is 3. The van der Waals surface area contributed by atoms with Gasteiger partial charge in [-0.3, -0.25) is 14.4 Å². The number of carbonyl (C=O) groups is 3. The van der Waals surface area contributed by atoms with Crippen LogP contribution in [0.1, 0.15) is 323 Å². The number of hydrogen-bond donors (Lipinski definition) is 0. The zero-order valence-corrected chi connectivity index (χ0v) is 50.3. The highest BCUT2D eigenvalue weighted by Crippen LogP contribution is 2.17. The van der Waals surface area contributed by atoms with Crippen molar-refractivity contribution in [3.05, 3.63) is 85.1 Å². The van der Waals surface area contributed by atoms with Crippen LogP contribution in [0.15, 0.2) is 85.1 Å². The van der Waals surface area contributed by atoms with Crippen LogP contribution in [-0.4, -0.2) is 37.2 Å². The zero-order chi connectivity index (χ0) is 55.0. The van der Waals surface area contributed by atoms with Gasteiger partial charge in [0, 0.05) is 19.3 Å². The van der Waals surface area contributed by atoms with Crippen LogP contribution in [0.5, 0.6) is 0 Å². The lowest BCUT2D eigenvalue weighted by Crippen LogP contribution is -2.30. The van der Waals surface area contributed by atoms with Crippen molar-refractivity contribution in [3.8, 4) is 0 Å². The largest absolute Gasteiger partial charge is 0.462 e. The van der Waals surface area contributed by atoms with Crippen LogP contribution in [0, 0.1) is 0 Å². The van der Waals surface area contributed by atoms with E-state index in [0.717, 1.165) is 109 Å². The van der Waals surface area contributed by atoms with Crippen LogP contribution in [0.3, 0.4) is 0 Å². The number of unbranched alkanes of at least 4 members (excludes halogenated alkanes) is 34. The highest BCUT2D eigenvalue weighted by atomic mass is 16.6. The summed E-state index contributed by atoms with van der Waals surface area (Å²) in [6.45, 7) is 6.54. The highest BCUT2D eigenvalue weighted by molar-refractivity contribution is 5.71. The minimum Gasteiger partial charge on any atom is -0.462 e. The maximum atomic E-state index is 12.9. The Balaban J connectivity index is 4.35. The quantitative estimate of drug-likeness (QED) is 0.0261. The molecule has 0 saturated heterocycles. The van der Waals surface area contributed by atoms with Crippen LogP contribution in [0.4, 0.5) is 0 Å². The monoisotopic (exact) mass is 1060 g/mol. The second kappa shape index (κ2) is 64.1. The van der Waals surface area contributed by atoms with E-state index in [9.17, 15) is 14.4 Å². The molecule has 0 heterocycles. The van der Waals surface area contributed by atoms with Crippen molar-refractivity contribution in [2.75, 3.05) is 13.2 Å². The fourth-order valence-electron chi connectivity index (χ4n) is 9.27. The van der Waals surface area contributed by atoms with E-state index in [1.165, 1.54) is 173 Å². The lowest BCUT2D eigenvalue weighted by molar-refractivity contribution is -0.167. The Labute approximate surface area is 471 Å². The van der Waals surface area contributed by atoms with Gasteiger partial charge in [0.15, 0.2) is 6.10 Å². The summed E-state index contributed by atoms with van der Waals surface area (Å²) in [7, 11) is 0. The van der Waals surface area contributed by atoms with E-state index in [-0.39, 0.29) is 31.1 Å². The smallest absolute Gasteiger partial charge is 0.306 e. The van der Waals surface area contributed by atoms with Crippen LogP contribution < -0.4 is 0 Å². The van der Waals surface area contributed by atoms with Gasteiger partial charge in [-0.2, -0.15) is 0 Å². The van der Waals surface area contributed by atoms with Gasteiger partial charge >= 0.3 is 17.9 Å². The molecule has 1 atom stereocenters. The molecule has 6 heteroatoms. The standard InChI is InChI=1S/C70H122O6/c1-4-7-10-13-16-19-22-25-27-29-31-33-35-37-39-41-43-45-48-51-54-57-60-63-69(72)75-66-67(65-74-68(71)62-59-56-53-50-47-24-21-18-15-12-9-6-3)76-70(73)64-61-58-55-52-49-46-44-42-40-38-36-34-32-30-28-26-23-20-17-14-11-8-5-2/h7,10,16,19,25,27,30-33,37,39,43,45,67H,4-6,8-9,11-15,17-18,20-24,26,28-29,34-36,38,40-42,44,46-66H2,1-3H3/b10-7-,19-16-,27-25-,32-30-,33-31-,39-37-,45-43-. The van der Waals surface area contributed by atoms with Gasteiger partial charge in [0.25, 0.3) is 0 Å². The number of hydrogen-bond acceptors (Lipinski definition) is 6. The summed E-state index contributed by atoms with van der Waals surface area (Å²) in [4.78, 5) is 38.3. The average Bonchev–Trinajstić information content (AvgIpc) is 3.42. The van der Waals surface area contributed by atoms with E-state index in [1.54, 1.807) is 0 Å². The summed E-state index contributed by atoms with van der Waals surface area (Å²) in [5.41, 5.74) is 0. The fraction of sp³-hybridized carbons (Fsp3) is 0.757. The van der Waals surface area contributed by atoms with Crippen LogP contribution in [0.2, 0.25) is 0 Å². The minimum absolute atomic E-state index is 0.0822. The lowest BCUT2D eigenvalue weighted by atomic mass is 10.0. The van der Waals surface area contributed by atoms with Crippen LogP contribution >= 0.6 is 0 Å². The van der Waals surface area contributed by atoms with Crippen LogP contribution in [-0.2, 0) is 28.6 Å². The van der Waals surface area contributed by atoms with Crippen molar-refractivity contribution in [3.63, 3.8) is 0 Å². The summed E-state index contributed by atoms with van der Waals surface area (Å²) >= 11 is 0. The number of carbonyl (C=O) groups excluding carboxylic acids is 3. The molecule has 76 heavy (non-hydrogen) atoms. The van der Waals surface area contributed by atoms with E-state index in [0.29, 0.717) is 19.3 Å². The van der Waals surface area contributed by atoms with Crippen molar-refractivity contribution in [2.45, 2.75) is 329 Å². The number of allylic oxidation sites excluding steroid dienone is 14. The van der Waals surface area contributed by atoms with Gasteiger partial charge in [-0.15, -0.1) is 0 Å². The topological polar surface area (TPSA) is 78.9 Å². The summed E-state index contributed by atoms with van der Waals surface area (Å²) in [5, 5.41) is 0. The third-order valence-electron chi connectivity index (χ3n) is 14.1. The van der Waals surface area contributed by atoms with Crippen molar-refractivity contribution in [2.24, 2.45) is 0 Å². The van der Waals surface area contributed by atoms with Gasteiger partial charge in [0.1, 0.15) is 13.2 Å². The maximum absolute atomic E-state index is 12.9. The number of ether oxygens (including phenoxy) is 3. The third kappa shape index (κ3) is 61.4. The molecule has 1 unspecified atom stereocenters. The third-order valence-corrected chi connectivity index (χ3v) is 14.1. The van der Waals surface area contributed by atoms with Gasteiger partial charge in [0.2, 0.25) is 0 Å². The Bertz CT molecular complexity index is 1450. The fourth-order valence-corrected chi connectivity index (χ4v) is 9.27. The Kier molecular flexibility index (Phi) is 61.2. The first kappa shape index (κ1) is 72.6. The molecule has 0 spiro atoms. The molecule has 0 aliphatic heterocycles. The van der Waals surface area contributed by atoms with Gasteiger partial charge < -0.3 is 14.2 Å². The first-order chi connectivity index (χ1) is 37.5. The van der Waals surface area contributed by atoms with Gasteiger partial charge in [-0.05, 0) is 96.3 Å². The first-order valence-corrected chi connectivity index (χ1v) is 32.6. The molecule has 0 amide bonds. The molecule has 0 saturated carbocycles. The van der Waals surface area contributed by atoms with Crippen molar-refractivity contribution < 1.29 is 28.6 Å². The molecule has 0 bridgehead atoms. The normalized spacial score (nSPS) is 12.6. The molecule has 0 radical (unpaired) electrons. The van der Waals surface area contributed by atoms with Crippen LogP contribution in [0.25, 0.3) is 0 Å². The number of rotatable bonds is 59.